The average Bonchev–Trinajstić information content (AvgIpc) is 2.78. The number of carbonyl (C=O) groups excluding carboxylic acids is 1. The molecule has 1 amide bonds. The van der Waals surface area contributed by atoms with E-state index in [1.165, 1.54) is 5.56 Å². The molecular weight excluding hydrogens is 332 g/mol. The number of rotatable bonds is 6. The molecule has 6 heteroatoms. The minimum Gasteiger partial charge on any atom is -0.491 e. The van der Waals surface area contributed by atoms with Crippen molar-refractivity contribution in [3.63, 3.8) is 0 Å². The Morgan fingerprint density at radius 2 is 1.96 bits per heavy atom. The van der Waals surface area contributed by atoms with E-state index >= 15 is 0 Å². The molecule has 26 heavy (non-hydrogen) atoms. The van der Waals surface area contributed by atoms with E-state index in [1.807, 2.05) is 24.1 Å². The molecule has 2 aliphatic rings. The van der Waals surface area contributed by atoms with Gasteiger partial charge in [0.05, 0.1) is 13.2 Å². The second-order valence-corrected chi connectivity index (χ2v) is 7.22. The first-order chi connectivity index (χ1) is 12.6. The van der Waals surface area contributed by atoms with E-state index in [0.29, 0.717) is 26.4 Å². The first-order valence-corrected chi connectivity index (χ1v) is 9.45. The maximum atomic E-state index is 12.8. The molecule has 0 bridgehead atoms. The Morgan fingerprint density at radius 1 is 1.15 bits per heavy atom. The molecular formula is C20H30N2O4. The summed E-state index contributed by atoms with van der Waals surface area (Å²) < 4.78 is 16.7. The molecule has 1 aromatic rings. The van der Waals surface area contributed by atoms with Crippen molar-refractivity contribution in [3.8, 4) is 5.75 Å². The number of morpholine rings is 1. The van der Waals surface area contributed by atoms with Crippen LogP contribution in [-0.4, -0.2) is 74.9 Å². The number of nitrogens with zero attached hydrogens (tertiary/aromatic N) is 2. The number of hydrogen-bond acceptors (Lipinski definition) is 5. The zero-order chi connectivity index (χ0) is 18.4. The molecule has 2 saturated heterocycles. The van der Waals surface area contributed by atoms with Crippen molar-refractivity contribution in [3.05, 3.63) is 29.8 Å². The number of likely N-dealkylation sites (tertiary alicyclic amines) is 1. The SMILES string of the molecule is COCCOc1ccc(CN2CCOC3(CCCCN(C)C3=O)C2)cc1. The minimum absolute atomic E-state index is 0.140. The van der Waals surface area contributed by atoms with Crippen molar-refractivity contribution in [2.75, 3.05) is 53.6 Å². The van der Waals surface area contributed by atoms with E-state index in [9.17, 15) is 4.79 Å². The van der Waals surface area contributed by atoms with Crippen LogP contribution < -0.4 is 4.74 Å². The summed E-state index contributed by atoms with van der Waals surface area (Å²) in [6.07, 6.45) is 2.91. The van der Waals surface area contributed by atoms with Crippen LogP contribution in [0.15, 0.2) is 24.3 Å². The molecule has 2 fully saturated rings. The van der Waals surface area contributed by atoms with Crippen LogP contribution in [-0.2, 0) is 20.8 Å². The molecule has 1 spiro atoms. The van der Waals surface area contributed by atoms with Gasteiger partial charge < -0.3 is 19.1 Å². The second-order valence-electron chi connectivity index (χ2n) is 7.22. The van der Waals surface area contributed by atoms with E-state index in [2.05, 4.69) is 17.0 Å². The van der Waals surface area contributed by atoms with Gasteiger partial charge in [0, 0.05) is 40.3 Å². The molecule has 6 nitrogen and oxygen atoms in total. The van der Waals surface area contributed by atoms with Gasteiger partial charge in [-0.1, -0.05) is 12.1 Å². The topological polar surface area (TPSA) is 51.2 Å². The normalized spacial score (nSPS) is 24.7. The fourth-order valence-electron chi connectivity index (χ4n) is 3.78. The van der Waals surface area contributed by atoms with E-state index in [0.717, 1.165) is 44.6 Å². The van der Waals surface area contributed by atoms with Gasteiger partial charge in [0.2, 0.25) is 0 Å². The van der Waals surface area contributed by atoms with E-state index < -0.39 is 5.60 Å². The van der Waals surface area contributed by atoms with Crippen LogP contribution in [0.1, 0.15) is 24.8 Å². The second kappa shape index (κ2) is 8.84. The lowest BCUT2D eigenvalue weighted by atomic mass is 9.94. The molecule has 0 aromatic heterocycles. The summed E-state index contributed by atoms with van der Waals surface area (Å²) in [5.41, 5.74) is 0.558. The van der Waals surface area contributed by atoms with E-state index in [4.69, 9.17) is 14.2 Å². The highest BCUT2D eigenvalue weighted by molar-refractivity contribution is 5.85. The highest BCUT2D eigenvalue weighted by Gasteiger charge is 2.45. The van der Waals surface area contributed by atoms with Gasteiger partial charge in [0.1, 0.15) is 12.4 Å². The third kappa shape index (κ3) is 4.55. The molecule has 2 heterocycles. The summed E-state index contributed by atoms with van der Waals surface area (Å²) in [6.45, 7) is 4.91. The average molecular weight is 362 g/mol. The third-order valence-corrected chi connectivity index (χ3v) is 5.21. The van der Waals surface area contributed by atoms with E-state index in [-0.39, 0.29) is 5.91 Å². The highest BCUT2D eigenvalue weighted by Crippen LogP contribution is 2.30. The van der Waals surface area contributed by atoms with Gasteiger partial charge in [0.15, 0.2) is 5.60 Å². The fraction of sp³-hybridized carbons (Fsp3) is 0.650. The zero-order valence-corrected chi connectivity index (χ0v) is 15.9. The standard InChI is InChI=1S/C20H30N2O4/c1-21-10-4-3-9-20(19(21)23)16-22(11-12-26-20)15-17-5-7-18(8-6-17)25-14-13-24-2/h5-8H,3-4,9-16H2,1-2H3. The number of methoxy groups -OCH3 is 1. The van der Waals surface area contributed by atoms with Crippen molar-refractivity contribution >= 4 is 5.91 Å². The molecule has 144 valence electrons. The summed E-state index contributed by atoms with van der Waals surface area (Å²) in [6, 6.07) is 8.16. The Hall–Kier alpha value is -1.63. The summed E-state index contributed by atoms with van der Waals surface area (Å²) in [5.74, 6) is 0.992. The molecule has 3 rings (SSSR count). The van der Waals surface area contributed by atoms with Crippen molar-refractivity contribution < 1.29 is 19.0 Å². The number of hydrogen-bond donors (Lipinski definition) is 0. The predicted molar refractivity (Wildman–Crippen MR) is 99.3 cm³/mol. The molecule has 0 N–H and O–H groups in total. The van der Waals surface area contributed by atoms with Gasteiger partial charge in [-0.25, -0.2) is 0 Å². The van der Waals surface area contributed by atoms with Gasteiger partial charge in [-0.2, -0.15) is 0 Å². The number of ether oxygens (including phenoxy) is 3. The van der Waals surface area contributed by atoms with Crippen LogP contribution in [0.3, 0.4) is 0 Å². The van der Waals surface area contributed by atoms with Crippen molar-refractivity contribution in [2.45, 2.75) is 31.4 Å². The molecule has 2 aliphatic heterocycles. The quantitative estimate of drug-likeness (QED) is 0.724. The molecule has 1 aromatic carbocycles. The van der Waals surface area contributed by atoms with Crippen LogP contribution in [0.25, 0.3) is 0 Å². The fourth-order valence-corrected chi connectivity index (χ4v) is 3.78. The Balaban J connectivity index is 1.60. The molecule has 0 aliphatic carbocycles. The number of likely N-dealkylation sites (N-methyl/N-ethyl adjacent to an activating group) is 1. The summed E-state index contributed by atoms with van der Waals surface area (Å²) in [7, 11) is 3.55. The van der Waals surface area contributed by atoms with Gasteiger partial charge in [-0.3, -0.25) is 9.69 Å². The smallest absolute Gasteiger partial charge is 0.255 e. The zero-order valence-electron chi connectivity index (χ0n) is 15.9. The molecule has 1 unspecified atom stereocenters. The summed E-state index contributed by atoms with van der Waals surface area (Å²) in [5, 5.41) is 0. The lowest BCUT2D eigenvalue weighted by Gasteiger charge is -2.42. The van der Waals surface area contributed by atoms with Crippen LogP contribution in [0, 0.1) is 0 Å². The lowest BCUT2D eigenvalue weighted by Crippen LogP contribution is -2.59. The molecule has 1 atom stereocenters. The van der Waals surface area contributed by atoms with Gasteiger partial charge in [-0.15, -0.1) is 0 Å². The number of carbonyl (C=O) groups is 1. The maximum Gasteiger partial charge on any atom is 0.255 e. The molecule has 0 radical (unpaired) electrons. The van der Waals surface area contributed by atoms with Crippen molar-refractivity contribution in [2.24, 2.45) is 0 Å². The summed E-state index contributed by atoms with van der Waals surface area (Å²) in [4.78, 5) is 17.0. The maximum absolute atomic E-state index is 12.8. The van der Waals surface area contributed by atoms with Crippen LogP contribution >= 0.6 is 0 Å². The lowest BCUT2D eigenvalue weighted by molar-refractivity contribution is -0.169. The monoisotopic (exact) mass is 362 g/mol. The highest BCUT2D eigenvalue weighted by atomic mass is 16.5. The number of benzene rings is 1. The summed E-state index contributed by atoms with van der Waals surface area (Å²) >= 11 is 0. The van der Waals surface area contributed by atoms with Gasteiger partial charge in [-0.05, 0) is 37.0 Å². The van der Waals surface area contributed by atoms with E-state index in [1.54, 1.807) is 7.11 Å². The molecule has 0 saturated carbocycles. The van der Waals surface area contributed by atoms with Crippen molar-refractivity contribution in [1.82, 2.24) is 9.80 Å². The minimum atomic E-state index is -0.660. The Kier molecular flexibility index (Phi) is 6.51. The van der Waals surface area contributed by atoms with Crippen LogP contribution in [0.4, 0.5) is 0 Å². The predicted octanol–water partition coefficient (Wildman–Crippen LogP) is 1.93. The first-order valence-electron chi connectivity index (χ1n) is 9.45. The Bertz CT molecular complexity index is 592. The van der Waals surface area contributed by atoms with Gasteiger partial charge in [0.25, 0.3) is 5.91 Å². The third-order valence-electron chi connectivity index (χ3n) is 5.21. The van der Waals surface area contributed by atoms with Crippen LogP contribution in [0.2, 0.25) is 0 Å². The van der Waals surface area contributed by atoms with Gasteiger partial charge >= 0.3 is 0 Å². The Labute approximate surface area is 156 Å². The largest absolute Gasteiger partial charge is 0.491 e. The van der Waals surface area contributed by atoms with Crippen LogP contribution in [0.5, 0.6) is 5.75 Å². The van der Waals surface area contributed by atoms with Crippen molar-refractivity contribution in [1.29, 1.82) is 0 Å². The first kappa shape index (κ1) is 19.1. The number of amides is 1. The Morgan fingerprint density at radius 3 is 2.73 bits per heavy atom.